The van der Waals surface area contributed by atoms with Crippen LogP contribution in [0.15, 0.2) is 67.1 Å². The lowest BCUT2D eigenvalue weighted by atomic mass is 10.0. The molecule has 6 aromatic rings. The van der Waals surface area contributed by atoms with Crippen molar-refractivity contribution in [2.24, 2.45) is 0 Å². The Bertz CT molecular complexity index is 1740. The van der Waals surface area contributed by atoms with E-state index in [-0.39, 0.29) is 5.75 Å². The molecule has 1 unspecified atom stereocenters. The molecule has 4 heterocycles. The van der Waals surface area contributed by atoms with E-state index in [1.54, 1.807) is 24.7 Å². The third kappa shape index (κ3) is 4.23. The number of imidazole rings is 1. The smallest absolute Gasteiger partial charge is 0.159 e. The van der Waals surface area contributed by atoms with Crippen LogP contribution < -0.4 is 5.32 Å². The fourth-order valence-corrected chi connectivity index (χ4v) is 4.31. The van der Waals surface area contributed by atoms with Gasteiger partial charge in [0.25, 0.3) is 0 Å². The number of nitrogens with one attached hydrogen (secondary N) is 3. The van der Waals surface area contributed by atoms with Crippen LogP contribution in [0.5, 0.6) is 5.75 Å². The summed E-state index contributed by atoms with van der Waals surface area (Å²) in [6.07, 6.45) is 4.96. The molecule has 5 N–H and O–H groups in total. The van der Waals surface area contributed by atoms with Gasteiger partial charge in [-0.15, -0.1) is 0 Å². The van der Waals surface area contributed by atoms with Gasteiger partial charge >= 0.3 is 0 Å². The molecule has 0 amide bonds. The highest BCUT2D eigenvalue weighted by Gasteiger charge is 2.17. The number of anilines is 1. The lowest BCUT2D eigenvalue weighted by Gasteiger charge is -2.12. The third-order valence-corrected chi connectivity index (χ3v) is 6.14. The molecular weight excluding hydrogens is 473 g/mol. The van der Waals surface area contributed by atoms with Crippen molar-refractivity contribution in [3.05, 3.63) is 72.9 Å². The highest BCUT2D eigenvalue weighted by molar-refractivity contribution is 5.97. The topological polar surface area (TPSA) is 136 Å². The molecule has 0 aliphatic heterocycles. The fourth-order valence-electron chi connectivity index (χ4n) is 4.31. The number of fused-ring (bicyclic) bond motifs is 2. The molecule has 6 rings (SSSR count). The molecule has 4 aromatic heterocycles. The number of halogens is 1. The number of aromatic amines is 2. The highest BCUT2D eigenvalue weighted by Crippen LogP contribution is 2.33. The monoisotopic (exact) mass is 495 g/mol. The van der Waals surface area contributed by atoms with Gasteiger partial charge in [-0.2, -0.15) is 5.10 Å². The Hall–Kier alpha value is -4.83. The van der Waals surface area contributed by atoms with Crippen LogP contribution >= 0.6 is 0 Å². The standard InChI is InChI=1S/C27H22FN7O2/c1-2-23(37)31-18-8-16(12-29-13-18)14-3-4-21-20(10-14)25(35-34-21)27-32-22-5-6-30-24(26(22)33-27)15-7-17(28)11-19(36)9-15/h3-13,23,31,36-37H,2H2,1H3,(H,32,33)(H,34,35). The molecule has 184 valence electrons. The molecule has 0 fully saturated rings. The molecule has 0 aliphatic carbocycles. The summed E-state index contributed by atoms with van der Waals surface area (Å²) in [5, 5.41) is 31.2. The van der Waals surface area contributed by atoms with Crippen LogP contribution in [0.2, 0.25) is 0 Å². The second-order valence-electron chi connectivity index (χ2n) is 8.70. The molecule has 37 heavy (non-hydrogen) atoms. The van der Waals surface area contributed by atoms with E-state index in [0.717, 1.165) is 33.8 Å². The lowest BCUT2D eigenvalue weighted by molar-refractivity contribution is 0.199. The number of aliphatic hydroxyl groups is 1. The van der Waals surface area contributed by atoms with Crippen LogP contribution in [0, 0.1) is 5.82 Å². The first-order chi connectivity index (χ1) is 18.0. The quantitative estimate of drug-likeness (QED) is 0.200. The number of benzene rings is 2. The molecule has 0 aliphatic rings. The van der Waals surface area contributed by atoms with Crippen molar-refractivity contribution in [1.82, 2.24) is 30.1 Å². The Labute approximate surface area is 210 Å². The Morgan fingerprint density at radius 3 is 2.70 bits per heavy atom. The first kappa shape index (κ1) is 22.6. The summed E-state index contributed by atoms with van der Waals surface area (Å²) >= 11 is 0. The Morgan fingerprint density at radius 1 is 0.973 bits per heavy atom. The lowest BCUT2D eigenvalue weighted by Crippen LogP contribution is -2.16. The summed E-state index contributed by atoms with van der Waals surface area (Å²) in [6.45, 7) is 1.89. The normalized spacial score (nSPS) is 12.3. The summed E-state index contributed by atoms with van der Waals surface area (Å²) in [7, 11) is 0. The van der Waals surface area contributed by atoms with E-state index in [2.05, 4.69) is 30.5 Å². The second kappa shape index (κ2) is 8.99. The number of aromatic hydroxyl groups is 1. The van der Waals surface area contributed by atoms with E-state index in [0.29, 0.717) is 40.2 Å². The Balaban J connectivity index is 1.43. The van der Waals surface area contributed by atoms with Crippen molar-refractivity contribution in [2.75, 3.05) is 5.32 Å². The highest BCUT2D eigenvalue weighted by atomic mass is 19.1. The van der Waals surface area contributed by atoms with E-state index < -0.39 is 12.0 Å². The third-order valence-electron chi connectivity index (χ3n) is 6.14. The number of nitrogens with zero attached hydrogens (tertiary/aromatic N) is 4. The molecule has 0 radical (unpaired) electrons. The first-order valence-corrected chi connectivity index (χ1v) is 11.7. The SMILES string of the molecule is CCC(O)Nc1cncc(-c2ccc3[nH]nc(-c4nc5c(-c6cc(O)cc(F)c6)nccc5[nH]4)c3c2)c1. The minimum absolute atomic E-state index is 0.187. The van der Waals surface area contributed by atoms with Gasteiger partial charge in [0, 0.05) is 35.0 Å². The summed E-state index contributed by atoms with van der Waals surface area (Å²) in [5.74, 6) is -0.227. The fraction of sp³-hybridized carbons (Fsp3) is 0.111. The van der Waals surface area contributed by atoms with Gasteiger partial charge in [-0.05, 0) is 48.4 Å². The number of rotatable bonds is 6. The molecule has 0 bridgehead atoms. The zero-order valence-electron chi connectivity index (χ0n) is 19.7. The van der Waals surface area contributed by atoms with Gasteiger partial charge in [0.2, 0.25) is 0 Å². The van der Waals surface area contributed by atoms with Crippen LogP contribution in [0.4, 0.5) is 10.1 Å². The van der Waals surface area contributed by atoms with Crippen molar-refractivity contribution in [3.8, 4) is 39.7 Å². The van der Waals surface area contributed by atoms with E-state index in [4.69, 9.17) is 4.98 Å². The number of H-pyrrole nitrogens is 2. The van der Waals surface area contributed by atoms with Crippen LogP contribution in [-0.2, 0) is 0 Å². The van der Waals surface area contributed by atoms with Gasteiger partial charge in [0.1, 0.15) is 29.0 Å². The maximum Gasteiger partial charge on any atom is 0.159 e. The minimum Gasteiger partial charge on any atom is -0.508 e. The largest absolute Gasteiger partial charge is 0.508 e. The predicted octanol–water partition coefficient (Wildman–Crippen LogP) is 5.22. The number of aliphatic hydroxyl groups excluding tert-OH is 1. The van der Waals surface area contributed by atoms with Gasteiger partial charge in [-0.1, -0.05) is 13.0 Å². The van der Waals surface area contributed by atoms with Crippen molar-refractivity contribution in [3.63, 3.8) is 0 Å². The van der Waals surface area contributed by atoms with Crippen LogP contribution in [0.25, 0.3) is 55.8 Å². The number of phenols is 1. The maximum absolute atomic E-state index is 13.9. The molecular formula is C27H22FN7O2. The van der Waals surface area contributed by atoms with E-state index in [1.165, 1.54) is 12.1 Å². The van der Waals surface area contributed by atoms with Crippen LogP contribution in [-0.4, -0.2) is 46.6 Å². The van der Waals surface area contributed by atoms with E-state index in [9.17, 15) is 14.6 Å². The summed E-state index contributed by atoms with van der Waals surface area (Å²) in [4.78, 5) is 16.7. The van der Waals surface area contributed by atoms with Crippen molar-refractivity contribution in [1.29, 1.82) is 0 Å². The second-order valence-corrected chi connectivity index (χ2v) is 8.70. The number of hydrogen-bond donors (Lipinski definition) is 5. The molecule has 9 nitrogen and oxygen atoms in total. The average molecular weight is 496 g/mol. The van der Waals surface area contributed by atoms with Gasteiger partial charge in [-0.3, -0.25) is 15.1 Å². The number of aromatic nitrogens is 6. The van der Waals surface area contributed by atoms with E-state index in [1.807, 2.05) is 31.2 Å². The summed E-state index contributed by atoms with van der Waals surface area (Å²) < 4.78 is 13.9. The first-order valence-electron chi connectivity index (χ1n) is 11.7. The average Bonchev–Trinajstić information content (AvgIpc) is 3.51. The zero-order chi connectivity index (χ0) is 25.5. The number of pyridine rings is 2. The van der Waals surface area contributed by atoms with Gasteiger partial charge < -0.3 is 20.5 Å². The summed E-state index contributed by atoms with van der Waals surface area (Å²) in [5.41, 5.74) is 6.07. The maximum atomic E-state index is 13.9. The number of hydrogen-bond acceptors (Lipinski definition) is 7. The van der Waals surface area contributed by atoms with Crippen molar-refractivity contribution >= 4 is 27.6 Å². The van der Waals surface area contributed by atoms with Gasteiger partial charge in [0.15, 0.2) is 5.82 Å². The Morgan fingerprint density at radius 2 is 1.86 bits per heavy atom. The number of phenolic OH excluding ortho intramolecular Hbond substituents is 1. The molecule has 2 aromatic carbocycles. The molecule has 0 saturated carbocycles. The van der Waals surface area contributed by atoms with Crippen LogP contribution in [0.3, 0.4) is 0 Å². The van der Waals surface area contributed by atoms with Gasteiger partial charge in [-0.25, -0.2) is 9.37 Å². The zero-order valence-corrected chi connectivity index (χ0v) is 19.7. The van der Waals surface area contributed by atoms with Crippen LogP contribution in [0.1, 0.15) is 13.3 Å². The van der Waals surface area contributed by atoms with E-state index >= 15 is 0 Å². The van der Waals surface area contributed by atoms with Gasteiger partial charge in [0.05, 0.1) is 28.6 Å². The minimum atomic E-state index is -0.649. The van der Waals surface area contributed by atoms with Crippen molar-refractivity contribution < 1.29 is 14.6 Å². The Kier molecular flexibility index (Phi) is 5.50. The van der Waals surface area contributed by atoms with Crippen molar-refractivity contribution in [2.45, 2.75) is 19.6 Å². The predicted molar refractivity (Wildman–Crippen MR) is 139 cm³/mol. The molecule has 10 heteroatoms. The molecule has 0 spiro atoms. The molecule has 0 saturated heterocycles. The molecule has 1 atom stereocenters. The summed E-state index contributed by atoms with van der Waals surface area (Å²) in [6, 6.07) is 13.4.